The first-order chi connectivity index (χ1) is 5.18. The number of ketones is 1. The summed E-state index contributed by atoms with van der Waals surface area (Å²) in [5.41, 5.74) is 0. The second-order valence-corrected chi connectivity index (χ2v) is 5.72. The first-order valence-corrected chi connectivity index (χ1v) is 5.18. The molecular weight excluding hydrogens is 204 g/mol. The minimum Gasteiger partial charge on any atom is -0.300 e. The summed E-state index contributed by atoms with van der Waals surface area (Å²) in [7, 11) is 0. The van der Waals surface area contributed by atoms with Crippen LogP contribution in [0, 0.1) is 5.92 Å². The molecule has 0 amide bonds. The Morgan fingerprint density at radius 3 is 3.09 bits per heavy atom. The lowest BCUT2D eigenvalue weighted by molar-refractivity contribution is -0.123. The van der Waals surface area contributed by atoms with Crippen LogP contribution in [0.3, 0.4) is 0 Å². The summed E-state index contributed by atoms with van der Waals surface area (Å²) in [6, 6.07) is 0. The maximum Gasteiger partial charge on any atom is 0.134 e. The largest absolute Gasteiger partial charge is 0.300 e. The first-order valence-electron chi connectivity index (χ1n) is 4.39. The topological polar surface area (TPSA) is 17.1 Å². The summed E-state index contributed by atoms with van der Waals surface area (Å²) in [6.45, 7) is 0. The van der Waals surface area contributed by atoms with Gasteiger partial charge in [-0.2, -0.15) is 0 Å². The van der Waals surface area contributed by atoms with Crippen LogP contribution < -0.4 is 0 Å². The van der Waals surface area contributed by atoms with E-state index in [0.29, 0.717) is 11.7 Å². The van der Waals surface area contributed by atoms with Crippen LogP contribution in [-0.4, -0.2) is 10.1 Å². The van der Waals surface area contributed by atoms with Gasteiger partial charge in [-0.15, -0.1) is 0 Å². The summed E-state index contributed by atoms with van der Waals surface area (Å²) >= 11 is 3.71. The molecule has 0 spiro atoms. The van der Waals surface area contributed by atoms with Gasteiger partial charge < -0.3 is 0 Å². The molecule has 0 radical (unpaired) electrons. The van der Waals surface area contributed by atoms with Crippen LogP contribution in [0.4, 0.5) is 0 Å². The molecule has 2 aliphatic carbocycles. The van der Waals surface area contributed by atoms with E-state index in [-0.39, 0.29) is 4.32 Å². The van der Waals surface area contributed by atoms with Crippen LogP contribution in [0.25, 0.3) is 0 Å². The fraction of sp³-hybridized carbons (Fsp3) is 0.889. The second-order valence-electron chi connectivity index (χ2n) is 4.03. The van der Waals surface area contributed by atoms with Gasteiger partial charge in [0, 0.05) is 17.2 Å². The van der Waals surface area contributed by atoms with Crippen molar-refractivity contribution in [2.75, 3.05) is 0 Å². The molecule has 0 aliphatic heterocycles. The fourth-order valence-electron chi connectivity index (χ4n) is 2.51. The van der Waals surface area contributed by atoms with E-state index < -0.39 is 0 Å². The highest BCUT2D eigenvalue weighted by atomic mass is 79.9. The zero-order chi connectivity index (χ0) is 7.90. The Bertz CT molecular complexity index is 190. The van der Waals surface area contributed by atoms with Crippen molar-refractivity contribution in [3.63, 3.8) is 0 Å². The van der Waals surface area contributed by atoms with Gasteiger partial charge in [-0.1, -0.05) is 22.4 Å². The van der Waals surface area contributed by atoms with E-state index in [1.807, 2.05) is 0 Å². The Morgan fingerprint density at radius 1 is 1.55 bits per heavy atom. The molecule has 0 aromatic carbocycles. The molecular formula is C9H13BrO. The summed E-state index contributed by atoms with van der Waals surface area (Å²) < 4.78 is 0.214. The summed E-state index contributed by atoms with van der Waals surface area (Å²) in [4.78, 5) is 11.3. The van der Waals surface area contributed by atoms with Gasteiger partial charge in [0.25, 0.3) is 0 Å². The zero-order valence-electron chi connectivity index (χ0n) is 6.61. The van der Waals surface area contributed by atoms with Crippen LogP contribution in [0.2, 0.25) is 0 Å². The van der Waals surface area contributed by atoms with Gasteiger partial charge in [-0.05, 0) is 25.2 Å². The molecule has 62 valence electrons. The molecule has 2 aliphatic rings. The maximum absolute atomic E-state index is 11.3. The quantitative estimate of drug-likeness (QED) is 0.570. The average molecular weight is 217 g/mol. The van der Waals surface area contributed by atoms with Crippen LogP contribution in [-0.2, 0) is 4.79 Å². The van der Waals surface area contributed by atoms with Gasteiger partial charge in [-0.25, -0.2) is 0 Å². The Labute approximate surface area is 75.7 Å². The number of fused-ring (bicyclic) bond motifs is 2. The lowest BCUT2D eigenvalue weighted by atomic mass is 9.72. The van der Waals surface area contributed by atoms with E-state index in [1.165, 1.54) is 25.7 Å². The Kier molecular flexibility index (Phi) is 1.82. The standard InChI is InChI=1S/C9H13BrO/c10-9-3-1-2-7(5-9)4-8(11)6-9/h7H,1-6H2. The highest BCUT2D eigenvalue weighted by Crippen LogP contribution is 2.46. The minimum absolute atomic E-state index is 0.214. The van der Waals surface area contributed by atoms with E-state index in [4.69, 9.17) is 0 Å². The maximum atomic E-state index is 11.3. The Morgan fingerprint density at radius 2 is 2.36 bits per heavy atom. The van der Waals surface area contributed by atoms with E-state index in [0.717, 1.165) is 12.8 Å². The number of Topliss-reactive ketones (excluding diaryl/α,β-unsaturated/α-hetero) is 1. The number of hydrogen-bond acceptors (Lipinski definition) is 1. The van der Waals surface area contributed by atoms with Gasteiger partial charge >= 0.3 is 0 Å². The van der Waals surface area contributed by atoms with E-state index in [9.17, 15) is 4.79 Å². The number of carbonyl (C=O) groups is 1. The van der Waals surface area contributed by atoms with Gasteiger partial charge in [0.05, 0.1) is 0 Å². The highest BCUT2D eigenvalue weighted by molar-refractivity contribution is 9.10. The van der Waals surface area contributed by atoms with Crippen LogP contribution in [0.15, 0.2) is 0 Å². The molecule has 2 bridgehead atoms. The van der Waals surface area contributed by atoms with Crippen molar-refractivity contribution in [3.8, 4) is 0 Å². The second kappa shape index (κ2) is 2.58. The van der Waals surface area contributed by atoms with Gasteiger partial charge in [0.1, 0.15) is 5.78 Å². The fourth-order valence-corrected chi connectivity index (χ4v) is 3.56. The van der Waals surface area contributed by atoms with Gasteiger partial charge in [0.2, 0.25) is 0 Å². The number of rotatable bonds is 0. The van der Waals surface area contributed by atoms with Crippen molar-refractivity contribution in [3.05, 3.63) is 0 Å². The first kappa shape index (κ1) is 7.78. The molecule has 2 unspecified atom stereocenters. The Balaban J connectivity index is 2.15. The van der Waals surface area contributed by atoms with Crippen LogP contribution in [0.1, 0.15) is 38.5 Å². The number of alkyl halides is 1. The zero-order valence-corrected chi connectivity index (χ0v) is 8.19. The monoisotopic (exact) mass is 216 g/mol. The smallest absolute Gasteiger partial charge is 0.134 e. The minimum atomic E-state index is 0.214. The predicted octanol–water partition coefficient (Wildman–Crippen LogP) is 2.67. The summed E-state index contributed by atoms with van der Waals surface area (Å²) in [5, 5.41) is 0. The van der Waals surface area contributed by atoms with Crippen LogP contribution >= 0.6 is 15.9 Å². The lowest BCUT2D eigenvalue weighted by Gasteiger charge is -2.40. The van der Waals surface area contributed by atoms with E-state index in [2.05, 4.69) is 15.9 Å². The number of carbonyl (C=O) groups excluding carboxylic acids is 1. The van der Waals surface area contributed by atoms with E-state index >= 15 is 0 Å². The normalized spacial score (nSPS) is 44.1. The molecule has 0 aromatic heterocycles. The van der Waals surface area contributed by atoms with Crippen molar-refractivity contribution in [2.45, 2.75) is 42.8 Å². The molecule has 11 heavy (non-hydrogen) atoms. The third-order valence-electron chi connectivity index (χ3n) is 2.92. The Hall–Kier alpha value is 0.150. The van der Waals surface area contributed by atoms with Crippen molar-refractivity contribution < 1.29 is 4.79 Å². The summed E-state index contributed by atoms with van der Waals surface area (Å²) in [6.07, 6.45) is 6.66. The van der Waals surface area contributed by atoms with Crippen molar-refractivity contribution in [1.29, 1.82) is 0 Å². The molecule has 2 atom stereocenters. The number of halogens is 1. The molecule has 0 aromatic rings. The highest BCUT2D eigenvalue weighted by Gasteiger charge is 2.40. The number of hydrogen-bond donors (Lipinski definition) is 0. The third-order valence-corrected chi connectivity index (χ3v) is 3.92. The van der Waals surface area contributed by atoms with E-state index in [1.54, 1.807) is 0 Å². The molecule has 2 fully saturated rings. The molecule has 0 N–H and O–H groups in total. The van der Waals surface area contributed by atoms with Crippen molar-refractivity contribution >= 4 is 21.7 Å². The van der Waals surface area contributed by atoms with Crippen molar-refractivity contribution in [2.24, 2.45) is 5.92 Å². The third kappa shape index (κ3) is 1.51. The summed E-state index contributed by atoms with van der Waals surface area (Å²) in [5.74, 6) is 1.17. The molecule has 0 saturated heterocycles. The molecule has 0 heterocycles. The average Bonchev–Trinajstić information content (AvgIpc) is 1.82. The lowest BCUT2D eigenvalue weighted by Crippen LogP contribution is -2.37. The molecule has 1 nitrogen and oxygen atoms in total. The predicted molar refractivity (Wildman–Crippen MR) is 47.9 cm³/mol. The molecule has 2 saturated carbocycles. The van der Waals surface area contributed by atoms with Crippen molar-refractivity contribution in [1.82, 2.24) is 0 Å². The molecule has 2 rings (SSSR count). The molecule has 2 heteroatoms. The van der Waals surface area contributed by atoms with Gasteiger partial charge in [0.15, 0.2) is 0 Å². The van der Waals surface area contributed by atoms with Crippen LogP contribution in [0.5, 0.6) is 0 Å². The van der Waals surface area contributed by atoms with Gasteiger partial charge in [-0.3, -0.25) is 4.79 Å². The SMILES string of the molecule is O=C1CC2CCCC(Br)(C1)C2.